The topological polar surface area (TPSA) is 52.1 Å². The van der Waals surface area contributed by atoms with Crippen molar-refractivity contribution < 1.29 is 4.74 Å². The largest absolute Gasteiger partial charge is 0.497 e. The van der Waals surface area contributed by atoms with E-state index in [4.69, 9.17) is 9.73 Å². The van der Waals surface area contributed by atoms with Crippen molar-refractivity contribution in [1.29, 1.82) is 0 Å². The summed E-state index contributed by atoms with van der Waals surface area (Å²) in [5.41, 5.74) is 1.24. The van der Waals surface area contributed by atoms with Gasteiger partial charge in [-0.15, -0.1) is 11.3 Å². The monoisotopic (exact) mass is 441 g/mol. The SMILES string of the molecule is CCNC(=NCC1CCN(c2cccc(OC)c2)C1)NC1CCN(c2cccs2)CC1. The highest BCUT2D eigenvalue weighted by Gasteiger charge is 2.24. The molecular weight excluding hydrogens is 406 g/mol. The molecule has 2 aliphatic heterocycles. The van der Waals surface area contributed by atoms with E-state index in [1.165, 1.54) is 17.1 Å². The number of thiophene rings is 1. The number of nitrogens with one attached hydrogen (secondary N) is 2. The molecule has 6 nitrogen and oxygen atoms in total. The van der Waals surface area contributed by atoms with Crippen LogP contribution >= 0.6 is 11.3 Å². The quantitative estimate of drug-likeness (QED) is 0.506. The number of guanidine groups is 1. The van der Waals surface area contributed by atoms with Crippen LogP contribution in [0.3, 0.4) is 0 Å². The Balaban J connectivity index is 1.27. The van der Waals surface area contributed by atoms with Crippen LogP contribution in [0, 0.1) is 5.92 Å². The molecule has 2 fully saturated rings. The fourth-order valence-electron chi connectivity index (χ4n) is 4.45. The minimum atomic E-state index is 0.492. The second-order valence-electron chi connectivity index (χ2n) is 8.38. The molecular formula is C24H35N5OS. The summed E-state index contributed by atoms with van der Waals surface area (Å²) in [6.07, 6.45) is 3.48. The predicted octanol–water partition coefficient (Wildman–Crippen LogP) is 3.81. The molecule has 2 aromatic rings. The van der Waals surface area contributed by atoms with Crippen molar-refractivity contribution in [2.45, 2.75) is 32.2 Å². The molecule has 7 heteroatoms. The van der Waals surface area contributed by atoms with Gasteiger partial charge in [-0.1, -0.05) is 6.07 Å². The van der Waals surface area contributed by atoms with Gasteiger partial charge in [-0.3, -0.25) is 4.99 Å². The van der Waals surface area contributed by atoms with E-state index in [9.17, 15) is 0 Å². The minimum absolute atomic E-state index is 0.492. The van der Waals surface area contributed by atoms with E-state index >= 15 is 0 Å². The Hall–Kier alpha value is -2.41. The summed E-state index contributed by atoms with van der Waals surface area (Å²) in [6, 6.07) is 13.2. The number of rotatable bonds is 7. The maximum Gasteiger partial charge on any atom is 0.191 e. The minimum Gasteiger partial charge on any atom is -0.497 e. The maximum atomic E-state index is 5.38. The summed E-state index contributed by atoms with van der Waals surface area (Å²) in [4.78, 5) is 9.90. The number of methoxy groups -OCH3 is 1. The van der Waals surface area contributed by atoms with Gasteiger partial charge in [0.05, 0.1) is 12.1 Å². The first-order valence-electron chi connectivity index (χ1n) is 11.5. The number of anilines is 2. The van der Waals surface area contributed by atoms with Crippen molar-refractivity contribution in [3.05, 3.63) is 41.8 Å². The summed E-state index contributed by atoms with van der Waals surface area (Å²) >= 11 is 1.83. The number of benzene rings is 1. The fraction of sp³-hybridized carbons (Fsp3) is 0.542. The number of hydrogen-bond donors (Lipinski definition) is 2. The van der Waals surface area contributed by atoms with Crippen LogP contribution in [0.1, 0.15) is 26.2 Å². The lowest BCUT2D eigenvalue weighted by atomic mass is 10.1. The third-order valence-electron chi connectivity index (χ3n) is 6.21. The Bertz CT molecular complexity index is 832. The van der Waals surface area contributed by atoms with Crippen LogP contribution in [0.25, 0.3) is 0 Å². The van der Waals surface area contributed by atoms with E-state index in [1.807, 2.05) is 17.4 Å². The second-order valence-corrected chi connectivity index (χ2v) is 9.30. The summed E-state index contributed by atoms with van der Waals surface area (Å²) in [6.45, 7) is 8.24. The van der Waals surface area contributed by atoms with Gasteiger partial charge in [0.1, 0.15) is 5.75 Å². The number of nitrogens with zero attached hydrogens (tertiary/aromatic N) is 3. The van der Waals surface area contributed by atoms with E-state index in [0.29, 0.717) is 12.0 Å². The van der Waals surface area contributed by atoms with Crippen LogP contribution in [0.5, 0.6) is 5.75 Å². The maximum absolute atomic E-state index is 5.38. The molecule has 0 bridgehead atoms. The molecule has 0 aliphatic carbocycles. The number of piperidine rings is 1. The van der Waals surface area contributed by atoms with Crippen LogP contribution in [0.4, 0.5) is 10.7 Å². The van der Waals surface area contributed by atoms with Crippen molar-refractivity contribution in [3.63, 3.8) is 0 Å². The third-order valence-corrected chi connectivity index (χ3v) is 7.14. The number of aliphatic imine (C=N–C) groups is 1. The van der Waals surface area contributed by atoms with Crippen molar-refractivity contribution in [3.8, 4) is 5.75 Å². The molecule has 168 valence electrons. The molecule has 2 saturated heterocycles. The van der Waals surface area contributed by atoms with E-state index in [0.717, 1.165) is 63.8 Å². The van der Waals surface area contributed by atoms with Crippen LogP contribution in [0.15, 0.2) is 46.8 Å². The molecule has 31 heavy (non-hydrogen) atoms. The summed E-state index contributed by atoms with van der Waals surface area (Å²) < 4.78 is 5.38. The van der Waals surface area contributed by atoms with E-state index in [-0.39, 0.29) is 0 Å². The van der Waals surface area contributed by atoms with Gasteiger partial charge in [0, 0.05) is 57.1 Å². The van der Waals surface area contributed by atoms with Gasteiger partial charge in [0.2, 0.25) is 0 Å². The van der Waals surface area contributed by atoms with Gasteiger partial charge in [-0.05, 0) is 61.7 Å². The van der Waals surface area contributed by atoms with Gasteiger partial charge >= 0.3 is 0 Å². The summed E-state index contributed by atoms with van der Waals surface area (Å²) in [7, 11) is 1.72. The molecule has 0 spiro atoms. The van der Waals surface area contributed by atoms with E-state index < -0.39 is 0 Å². The fourth-order valence-corrected chi connectivity index (χ4v) is 5.24. The molecule has 0 saturated carbocycles. The van der Waals surface area contributed by atoms with Gasteiger partial charge in [-0.25, -0.2) is 0 Å². The first-order chi connectivity index (χ1) is 15.2. The van der Waals surface area contributed by atoms with E-state index in [2.05, 4.69) is 63.1 Å². The Labute approximate surface area is 190 Å². The Morgan fingerprint density at radius 2 is 1.97 bits per heavy atom. The lowest BCUT2D eigenvalue weighted by molar-refractivity contribution is 0.415. The lowest BCUT2D eigenvalue weighted by Crippen LogP contribution is -2.48. The molecule has 1 atom stereocenters. The van der Waals surface area contributed by atoms with Gasteiger partial charge in [-0.2, -0.15) is 0 Å². The molecule has 2 N–H and O–H groups in total. The summed E-state index contributed by atoms with van der Waals surface area (Å²) in [5.74, 6) is 2.47. The first-order valence-corrected chi connectivity index (χ1v) is 12.4. The van der Waals surface area contributed by atoms with Gasteiger partial charge in [0.25, 0.3) is 0 Å². The van der Waals surface area contributed by atoms with Crippen LogP contribution < -0.4 is 25.2 Å². The Morgan fingerprint density at radius 1 is 1.13 bits per heavy atom. The molecule has 0 radical (unpaired) electrons. The van der Waals surface area contributed by atoms with Crippen molar-refractivity contribution in [2.75, 3.05) is 56.2 Å². The van der Waals surface area contributed by atoms with Gasteiger partial charge < -0.3 is 25.2 Å². The summed E-state index contributed by atoms with van der Waals surface area (Å²) in [5, 5.41) is 10.7. The highest BCUT2D eigenvalue weighted by molar-refractivity contribution is 7.14. The van der Waals surface area contributed by atoms with Crippen LogP contribution in [-0.4, -0.2) is 58.4 Å². The standard InChI is InChI=1S/C24H35N5OS/c1-3-25-24(27-20-10-13-28(14-11-20)23-8-5-15-31-23)26-17-19-9-12-29(18-19)21-6-4-7-22(16-21)30-2/h4-8,15-16,19-20H,3,9-14,17-18H2,1-2H3,(H2,25,26,27). The molecule has 1 aromatic heterocycles. The molecule has 1 aromatic carbocycles. The average Bonchev–Trinajstić information content (AvgIpc) is 3.51. The van der Waals surface area contributed by atoms with E-state index in [1.54, 1.807) is 7.11 Å². The molecule has 0 amide bonds. The third kappa shape index (κ3) is 5.85. The second kappa shape index (κ2) is 10.8. The highest BCUT2D eigenvalue weighted by Crippen LogP contribution is 2.27. The molecule has 4 rings (SSSR count). The van der Waals surface area contributed by atoms with Crippen LogP contribution in [-0.2, 0) is 0 Å². The smallest absolute Gasteiger partial charge is 0.191 e. The lowest BCUT2D eigenvalue weighted by Gasteiger charge is -2.33. The van der Waals surface area contributed by atoms with Crippen LogP contribution in [0.2, 0.25) is 0 Å². The van der Waals surface area contributed by atoms with Crippen molar-refractivity contribution in [2.24, 2.45) is 10.9 Å². The van der Waals surface area contributed by atoms with Gasteiger partial charge in [0.15, 0.2) is 5.96 Å². The molecule has 2 aliphatic rings. The molecule has 3 heterocycles. The number of hydrogen-bond acceptors (Lipinski definition) is 5. The zero-order valence-corrected chi connectivity index (χ0v) is 19.5. The van der Waals surface area contributed by atoms with Crippen molar-refractivity contribution in [1.82, 2.24) is 10.6 Å². The Morgan fingerprint density at radius 3 is 2.71 bits per heavy atom. The number of ether oxygens (including phenoxy) is 1. The first kappa shape index (κ1) is 21.8. The Kier molecular flexibility index (Phi) is 7.57. The normalized spacial score (nSPS) is 20.2. The predicted molar refractivity (Wildman–Crippen MR) is 132 cm³/mol. The average molecular weight is 442 g/mol. The van der Waals surface area contributed by atoms with Crippen molar-refractivity contribution >= 4 is 28.0 Å². The zero-order valence-electron chi connectivity index (χ0n) is 18.7. The molecule has 1 unspecified atom stereocenters. The zero-order chi connectivity index (χ0) is 21.5. The highest BCUT2D eigenvalue weighted by atomic mass is 32.1.